The molecule has 9 heteroatoms. The van der Waals surface area contributed by atoms with Gasteiger partial charge in [-0.25, -0.2) is 18.0 Å². The van der Waals surface area contributed by atoms with Crippen LogP contribution in [-0.2, 0) is 19.6 Å². The Morgan fingerprint density at radius 3 is 1.15 bits per heavy atom. The fourth-order valence-corrected chi connectivity index (χ4v) is 7.08. The van der Waals surface area contributed by atoms with Gasteiger partial charge in [-0.2, -0.15) is 0 Å². The standard InChI is InChI=1S/C46H78O7S.K/c1-3-5-7-9-11-13-15-17-19-21-23-25-27-29-31-33-35-39-52-45(47)43-38-37-42(54(49,50)51)41-44(43)46(48)53-40-36-34-32-30-28-26-24-22-20-18-16-14-12-10-8-6-4-2;/h7-10,37-38,41H,3-6,11-36,39-40H2,1-2H3,(H,49,50,51);/q;+1/p-1/b9-7+,10-8+;. The van der Waals surface area contributed by atoms with Crippen molar-refractivity contribution in [3.8, 4) is 0 Å². The molecule has 0 unspecified atom stereocenters. The first kappa shape index (κ1) is 54.2. The third-order valence-electron chi connectivity index (χ3n) is 9.96. The van der Waals surface area contributed by atoms with Gasteiger partial charge in [-0.1, -0.05) is 179 Å². The number of rotatable bonds is 37. The zero-order chi connectivity index (χ0) is 39.4. The van der Waals surface area contributed by atoms with Crippen LogP contribution in [0.3, 0.4) is 0 Å². The third kappa shape index (κ3) is 31.8. The van der Waals surface area contributed by atoms with Crippen molar-refractivity contribution in [2.45, 2.75) is 211 Å². The zero-order valence-electron chi connectivity index (χ0n) is 35.4. The van der Waals surface area contributed by atoms with Crippen LogP contribution in [0.1, 0.15) is 227 Å². The molecule has 0 saturated heterocycles. The smallest absolute Gasteiger partial charge is 0.744 e. The van der Waals surface area contributed by atoms with E-state index in [0.717, 1.165) is 50.7 Å². The second-order valence-corrected chi connectivity index (χ2v) is 16.4. The molecule has 1 rings (SSSR count). The number of hydrogen-bond acceptors (Lipinski definition) is 7. The molecular weight excluding hydrogens is 736 g/mol. The van der Waals surface area contributed by atoms with Crippen LogP contribution in [0, 0.1) is 0 Å². The van der Waals surface area contributed by atoms with E-state index in [-0.39, 0.29) is 75.7 Å². The van der Waals surface area contributed by atoms with Gasteiger partial charge < -0.3 is 14.0 Å². The van der Waals surface area contributed by atoms with E-state index >= 15 is 0 Å². The summed E-state index contributed by atoms with van der Waals surface area (Å²) in [4.78, 5) is 25.2. The summed E-state index contributed by atoms with van der Waals surface area (Å²) in [5.41, 5.74) is -0.337. The topological polar surface area (TPSA) is 110 Å². The summed E-state index contributed by atoms with van der Waals surface area (Å²) in [6, 6.07) is 3.14. The maximum atomic E-state index is 12.9. The number of carbonyl (C=O) groups excluding carboxylic acids is 2. The van der Waals surface area contributed by atoms with Crippen LogP contribution in [0.2, 0.25) is 0 Å². The van der Waals surface area contributed by atoms with E-state index in [1.54, 1.807) is 0 Å². The summed E-state index contributed by atoms with van der Waals surface area (Å²) in [6.45, 7) is 4.79. The molecule has 0 aliphatic rings. The largest absolute Gasteiger partial charge is 1.00 e. The van der Waals surface area contributed by atoms with Crippen LogP contribution < -0.4 is 51.4 Å². The molecule has 0 heterocycles. The second kappa shape index (κ2) is 38.7. The Morgan fingerprint density at radius 1 is 0.491 bits per heavy atom. The quantitative estimate of drug-likeness (QED) is 0.0216. The molecule has 55 heavy (non-hydrogen) atoms. The van der Waals surface area contributed by atoms with Gasteiger partial charge in [0.25, 0.3) is 0 Å². The van der Waals surface area contributed by atoms with Gasteiger partial charge in [0.1, 0.15) is 10.1 Å². The van der Waals surface area contributed by atoms with Crippen molar-refractivity contribution in [3.63, 3.8) is 0 Å². The fraction of sp³-hybridized carbons (Fsp3) is 0.739. The molecule has 0 atom stereocenters. The van der Waals surface area contributed by atoms with Gasteiger partial charge in [0.15, 0.2) is 0 Å². The average molecular weight is 813 g/mol. The predicted molar refractivity (Wildman–Crippen MR) is 223 cm³/mol. The van der Waals surface area contributed by atoms with Crippen molar-refractivity contribution in [3.05, 3.63) is 53.6 Å². The Labute approximate surface area is 380 Å². The van der Waals surface area contributed by atoms with Gasteiger partial charge in [0.2, 0.25) is 0 Å². The van der Waals surface area contributed by atoms with Gasteiger partial charge in [-0.05, 0) is 69.6 Å². The normalized spacial score (nSPS) is 11.7. The van der Waals surface area contributed by atoms with E-state index in [2.05, 4.69) is 38.2 Å². The molecule has 0 fully saturated rings. The molecule has 0 aliphatic carbocycles. The van der Waals surface area contributed by atoms with Crippen LogP contribution in [0.5, 0.6) is 0 Å². The number of allylic oxidation sites excluding steroid dienone is 4. The molecule has 0 spiro atoms. The molecule has 0 radical (unpaired) electrons. The molecule has 0 aliphatic heterocycles. The maximum absolute atomic E-state index is 12.9. The first-order valence-electron chi connectivity index (χ1n) is 22.0. The predicted octanol–water partition coefficient (Wildman–Crippen LogP) is 10.8. The van der Waals surface area contributed by atoms with Gasteiger partial charge in [-0.3, -0.25) is 0 Å². The number of unbranched alkanes of at least 4 members (excludes halogenated alkanes) is 26. The Bertz CT molecular complexity index is 1240. The van der Waals surface area contributed by atoms with E-state index in [1.165, 1.54) is 147 Å². The van der Waals surface area contributed by atoms with Crippen molar-refractivity contribution in [2.75, 3.05) is 13.2 Å². The monoisotopic (exact) mass is 813 g/mol. The first-order chi connectivity index (χ1) is 26.3. The Kier molecular flexibility index (Phi) is 38.1. The Balaban J connectivity index is 0.0000292. The number of esters is 2. The summed E-state index contributed by atoms with van der Waals surface area (Å²) in [7, 11) is -4.82. The van der Waals surface area contributed by atoms with Crippen molar-refractivity contribution in [2.24, 2.45) is 0 Å². The van der Waals surface area contributed by atoms with Gasteiger partial charge in [0.05, 0.1) is 29.2 Å². The maximum Gasteiger partial charge on any atom is 1.00 e. The van der Waals surface area contributed by atoms with Crippen molar-refractivity contribution in [1.29, 1.82) is 0 Å². The number of carbonyl (C=O) groups is 2. The molecule has 0 bridgehead atoms. The van der Waals surface area contributed by atoms with Gasteiger partial charge in [-0.15, -0.1) is 0 Å². The van der Waals surface area contributed by atoms with Crippen LogP contribution >= 0.6 is 0 Å². The van der Waals surface area contributed by atoms with Crippen molar-refractivity contribution < 1.29 is 83.4 Å². The molecule has 0 saturated carbocycles. The summed E-state index contributed by atoms with van der Waals surface area (Å²) in [6.07, 6.45) is 45.0. The Morgan fingerprint density at radius 2 is 0.800 bits per heavy atom. The Hall–Kier alpha value is -0.814. The third-order valence-corrected chi connectivity index (χ3v) is 10.8. The summed E-state index contributed by atoms with van der Waals surface area (Å²) in [5.74, 6) is -1.55. The molecule has 7 nitrogen and oxygen atoms in total. The number of ether oxygens (including phenoxy) is 2. The average Bonchev–Trinajstić information content (AvgIpc) is 3.16. The summed E-state index contributed by atoms with van der Waals surface area (Å²) < 4.78 is 45.8. The molecule has 1 aromatic carbocycles. The zero-order valence-corrected chi connectivity index (χ0v) is 39.4. The van der Waals surface area contributed by atoms with Crippen LogP contribution in [0.15, 0.2) is 47.4 Å². The van der Waals surface area contributed by atoms with Gasteiger partial charge >= 0.3 is 63.3 Å². The van der Waals surface area contributed by atoms with Crippen LogP contribution in [-0.4, -0.2) is 38.1 Å². The fourth-order valence-electron chi connectivity index (χ4n) is 6.58. The SMILES string of the molecule is CCC/C=C/CCCCCCCCCCCCCCOC(=O)c1ccc(S(=O)(=O)[O-])cc1C(=O)OCCCCCCCCCCCCCC/C=C/CCC.[K+]. The van der Waals surface area contributed by atoms with Gasteiger partial charge in [0, 0.05) is 0 Å². The van der Waals surface area contributed by atoms with E-state index in [1.807, 2.05) is 0 Å². The van der Waals surface area contributed by atoms with E-state index in [9.17, 15) is 22.6 Å². The minimum atomic E-state index is -4.82. The first-order valence-corrected chi connectivity index (χ1v) is 23.5. The van der Waals surface area contributed by atoms with Crippen molar-refractivity contribution >= 4 is 22.1 Å². The molecule has 0 N–H and O–H groups in total. The van der Waals surface area contributed by atoms with Crippen LogP contribution in [0.4, 0.5) is 0 Å². The minimum Gasteiger partial charge on any atom is -0.744 e. The molecule has 0 amide bonds. The summed E-state index contributed by atoms with van der Waals surface area (Å²) in [5, 5.41) is 0. The van der Waals surface area contributed by atoms with E-state index < -0.39 is 27.0 Å². The van der Waals surface area contributed by atoms with Crippen molar-refractivity contribution in [1.82, 2.24) is 0 Å². The molecule has 0 aromatic heterocycles. The van der Waals surface area contributed by atoms with Crippen LogP contribution in [0.25, 0.3) is 0 Å². The number of benzene rings is 1. The van der Waals surface area contributed by atoms with E-state index in [0.29, 0.717) is 12.8 Å². The molecule has 310 valence electrons. The minimum absolute atomic E-state index is 0. The van der Waals surface area contributed by atoms with E-state index in [4.69, 9.17) is 9.47 Å². The summed E-state index contributed by atoms with van der Waals surface area (Å²) >= 11 is 0. The molecule has 1 aromatic rings. The number of hydrogen-bond donors (Lipinski definition) is 0. The second-order valence-electron chi connectivity index (χ2n) is 15.0. The molecular formula is C46H77KO7S.